The van der Waals surface area contributed by atoms with E-state index in [0.717, 1.165) is 19.3 Å². The molecule has 0 bridgehead atoms. The molecule has 1 amide bonds. The van der Waals surface area contributed by atoms with Crippen LogP contribution in [0.1, 0.15) is 47.0 Å². The number of amides is 1. The molecule has 0 rings (SSSR count). The minimum Gasteiger partial charge on any atom is -0.444 e. The largest absolute Gasteiger partial charge is 0.444 e. The fraction of sp³-hybridized carbons (Fsp3) is 0.909. The summed E-state index contributed by atoms with van der Waals surface area (Å²) >= 11 is 0. The molecule has 4 heteroatoms. The van der Waals surface area contributed by atoms with Gasteiger partial charge in [-0.1, -0.05) is 13.3 Å². The highest BCUT2D eigenvalue weighted by Gasteiger charge is 2.18. The molecule has 3 N–H and O–H groups in total. The van der Waals surface area contributed by atoms with Crippen molar-refractivity contribution in [2.45, 2.75) is 58.6 Å². The maximum atomic E-state index is 11.4. The first-order valence-corrected chi connectivity index (χ1v) is 5.58. The number of hydrogen-bond donors (Lipinski definition) is 2. The van der Waals surface area contributed by atoms with E-state index in [1.165, 1.54) is 0 Å². The molecule has 0 aliphatic rings. The summed E-state index contributed by atoms with van der Waals surface area (Å²) in [5, 5.41) is 2.83. The van der Waals surface area contributed by atoms with Crippen LogP contribution in [0.5, 0.6) is 0 Å². The van der Waals surface area contributed by atoms with Crippen molar-refractivity contribution in [3.8, 4) is 0 Å². The van der Waals surface area contributed by atoms with E-state index in [1.54, 1.807) is 0 Å². The second kappa shape index (κ2) is 6.67. The predicted octanol–water partition coefficient (Wildman–Crippen LogP) is 2.03. The van der Waals surface area contributed by atoms with Gasteiger partial charge in [0.05, 0.1) is 0 Å². The normalized spacial score (nSPS) is 13.4. The summed E-state index contributed by atoms with van der Waals surface area (Å²) < 4.78 is 5.17. The Labute approximate surface area is 92.6 Å². The van der Waals surface area contributed by atoms with Crippen molar-refractivity contribution in [1.29, 1.82) is 0 Å². The van der Waals surface area contributed by atoms with Gasteiger partial charge in [-0.15, -0.1) is 0 Å². The second-order valence-corrected chi connectivity index (χ2v) is 4.71. The standard InChI is InChI=1S/C11H24N2O2/c1-5-6-9(7-8-12)13-10(14)15-11(2,3)4/h9H,5-8,12H2,1-4H3,(H,13,14). The fourth-order valence-corrected chi connectivity index (χ4v) is 1.31. The molecule has 0 aliphatic heterocycles. The Kier molecular flexibility index (Phi) is 6.32. The lowest BCUT2D eigenvalue weighted by Gasteiger charge is -2.23. The minimum absolute atomic E-state index is 0.134. The number of rotatable bonds is 5. The molecule has 0 spiro atoms. The molecule has 0 aromatic heterocycles. The molecule has 90 valence electrons. The third kappa shape index (κ3) is 8.24. The van der Waals surface area contributed by atoms with Gasteiger partial charge in [0.15, 0.2) is 0 Å². The summed E-state index contributed by atoms with van der Waals surface area (Å²) in [4.78, 5) is 11.4. The maximum Gasteiger partial charge on any atom is 0.407 e. The first-order chi connectivity index (χ1) is 6.89. The minimum atomic E-state index is -0.441. The zero-order valence-electron chi connectivity index (χ0n) is 10.3. The Hall–Kier alpha value is -0.770. The maximum absolute atomic E-state index is 11.4. The molecule has 0 saturated heterocycles. The molecule has 0 heterocycles. The monoisotopic (exact) mass is 216 g/mol. The lowest BCUT2D eigenvalue weighted by atomic mass is 10.1. The summed E-state index contributed by atoms with van der Waals surface area (Å²) in [6, 6.07) is 0.134. The summed E-state index contributed by atoms with van der Waals surface area (Å²) in [5.41, 5.74) is 5.03. The number of nitrogens with one attached hydrogen (secondary N) is 1. The van der Waals surface area contributed by atoms with Gasteiger partial charge in [-0.3, -0.25) is 0 Å². The fourth-order valence-electron chi connectivity index (χ4n) is 1.31. The third-order valence-electron chi connectivity index (χ3n) is 1.87. The Bertz CT molecular complexity index is 182. The highest BCUT2D eigenvalue weighted by molar-refractivity contribution is 5.68. The molecular formula is C11H24N2O2. The van der Waals surface area contributed by atoms with Gasteiger partial charge in [0.25, 0.3) is 0 Å². The van der Waals surface area contributed by atoms with E-state index in [1.807, 2.05) is 20.8 Å². The number of hydrogen-bond acceptors (Lipinski definition) is 3. The highest BCUT2D eigenvalue weighted by Crippen LogP contribution is 2.08. The first kappa shape index (κ1) is 14.2. The van der Waals surface area contributed by atoms with Crippen molar-refractivity contribution >= 4 is 6.09 Å². The molecule has 4 nitrogen and oxygen atoms in total. The molecule has 0 fully saturated rings. The van der Waals surface area contributed by atoms with Crippen molar-refractivity contribution in [2.24, 2.45) is 5.73 Å². The van der Waals surface area contributed by atoms with Gasteiger partial charge in [0.2, 0.25) is 0 Å². The highest BCUT2D eigenvalue weighted by atomic mass is 16.6. The van der Waals surface area contributed by atoms with Crippen molar-refractivity contribution in [3.63, 3.8) is 0 Å². The second-order valence-electron chi connectivity index (χ2n) is 4.71. The molecular weight excluding hydrogens is 192 g/mol. The van der Waals surface area contributed by atoms with Crippen molar-refractivity contribution in [3.05, 3.63) is 0 Å². The first-order valence-electron chi connectivity index (χ1n) is 5.58. The van der Waals surface area contributed by atoms with E-state index in [-0.39, 0.29) is 12.1 Å². The number of nitrogens with two attached hydrogens (primary N) is 1. The summed E-state index contributed by atoms with van der Waals surface area (Å²) in [5.74, 6) is 0. The van der Waals surface area contributed by atoms with Crippen LogP contribution in [0.3, 0.4) is 0 Å². The zero-order chi connectivity index (χ0) is 11.9. The van der Waals surface area contributed by atoms with E-state index in [4.69, 9.17) is 10.5 Å². The number of carbonyl (C=O) groups is 1. The van der Waals surface area contributed by atoms with Crippen LogP contribution >= 0.6 is 0 Å². The van der Waals surface area contributed by atoms with Gasteiger partial charge in [-0.05, 0) is 40.2 Å². The third-order valence-corrected chi connectivity index (χ3v) is 1.87. The van der Waals surface area contributed by atoms with Crippen LogP contribution in [0.25, 0.3) is 0 Å². The molecule has 15 heavy (non-hydrogen) atoms. The van der Waals surface area contributed by atoms with Crippen molar-refractivity contribution < 1.29 is 9.53 Å². The van der Waals surface area contributed by atoms with Gasteiger partial charge in [0.1, 0.15) is 5.60 Å². The molecule has 0 radical (unpaired) electrons. The lowest BCUT2D eigenvalue weighted by molar-refractivity contribution is 0.0500. The van der Waals surface area contributed by atoms with Crippen LogP contribution in [0.15, 0.2) is 0 Å². The number of ether oxygens (including phenoxy) is 1. The Morgan fingerprint density at radius 3 is 2.40 bits per heavy atom. The summed E-state index contributed by atoms with van der Waals surface area (Å²) in [6.45, 7) is 8.22. The van der Waals surface area contributed by atoms with E-state index in [9.17, 15) is 4.79 Å². The van der Waals surface area contributed by atoms with Crippen molar-refractivity contribution in [2.75, 3.05) is 6.54 Å². The summed E-state index contributed by atoms with van der Waals surface area (Å²) in [7, 11) is 0. The van der Waals surface area contributed by atoms with Crippen LogP contribution < -0.4 is 11.1 Å². The van der Waals surface area contributed by atoms with Gasteiger partial charge in [-0.25, -0.2) is 4.79 Å². The quantitative estimate of drug-likeness (QED) is 0.739. The van der Waals surface area contributed by atoms with Gasteiger partial charge >= 0.3 is 6.09 Å². The van der Waals surface area contributed by atoms with Crippen molar-refractivity contribution in [1.82, 2.24) is 5.32 Å². The Balaban J connectivity index is 3.99. The molecule has 0 aliphatic carbocycles. The zero-order valence-corrected chi connectivity index (χ0v) is 10.3. The molecule has 0 aromatic rings. The van der Waals surface area contributed by atoms with Gasteiger partial charge in [-0.2, -0.15) is 0 Å². The Morgan fingerprint density at radius 2 is 2.00 bits per heavy atom. The van der Waals surface area contributed by atoms with E-state index in [2.05, 4.69) is 12.2 Å². The van der Waals surface area contributed by atoms with E-state index < -0.39 is 5.60 Å². The average molecular weight is 216 g/mol. The van der Waals surface area contributed by atoms with Gasteiger partial charge in [0, 0.05) is 6.04 Å². The van der Waals surface area contributed by atoms with Gasteiger partial charge < -0.3 is 15.8 Å². The molecule has 1 atom stereocenters. The molecule has 0 aromatic carbocycles. The van der Waals surface area contributed by atoms with Crippen LogP contribution in [0.2, 0.25) is 0 Å². The SMILES string of the molecule is CCCC(CCN)NC(=O)OC(C)(C)C. The topological polar surface area (TPSA) is 64.3 Å². The number of carbonyl (C=O) groups excluding carboxylic acids is 1. The van der Waals surface area contributed by atoms with E-state index in [0.29, 0.717) is 6.54 Å². The Morgan fingerprint density at radius 1 is 1.40 bits per heavy atom. The lowest BCUT2D eigenvalue weighted by Crippen LogP contribution is -2.40. The number of alkyl carbamates (subject to hydrolysis) is 1. The summed E-state index contributed by atoms with van der Waals surface area (Å²) in [6.07, 6.45) is 2.42. The average Bonchev–Trinajstić information content (AvgIpc) is 2.00. The predicted molar refractivity (Wildman–Crippen MR) is 61.7 cm³/mol. The smallest absolute Gasteiger partial charge is 0.407 e. The molecule has 0 saturated carbocycles. The van der Waals surface area contributed by atoms with Crippen LogP contribution in [-0.4, -0.2) is 24.3 Å². The van der Waals surface area contributed by atoms with Crippen LogP contribution in [0.4, 0.5) is 4.79 Å². The van der Waals surface area contributed by atoms with E-state index >= 15 is 0 Å². The van der Waals surface area contributed by atoms with Crippen LogP contribution in [0, 0.1) is 0 Å². The van der Waals surface area contributed by atoms with Crippen LogP contribution in [-0.2, 0) is 4.74 Å². The molecule has 1 unspecified atom stereocenters.